The van der Waals surface area contributed by atoms with Crippen LogP contribution >= 0.6 is 11.3 Å². The first-order chi connectivity index (χ1) is 17.7. The minimum atomic E-state index is -4.27. The summed E-state index contributed by atoms with van der Waals surface area (Å²) in [5, 5.41) is 13.2. The van der Waals surface area contributed by atoms with E-state index >= 15 is 0 Å². The van der Waals surface area contributed by atoms with Gasteiger partial charge in [0.05, 0.1) is 4.90 Å². The van der Waals surface area contributed by atoms with E-state index in [0.717, 1.165) is 37.1 Å². The largest absolute Gasteiger partial charge is 0.744 e. The Labute approximate surface area is 221 Å². The Balaban J connectivity index is 0.000000289. The van der Waals surface area contributed by atoms with Crippen LogP contribution in [0, 0.1) is 6.92 Å². The lowest BCUT2D eigenvalue weighted by atomic mass is 10.2. The van der Waals surface area contributed by atoms with Gasteiger partial charge in [-0.3, -0.25) is 4.79 Å². The van der Waals surface area contributed by atoms with Crippen molar-refractivity contribution < 1.29 is 27.4 Å². The van der Waals surface area contributed by atoms with Gasteiger partial charge < -0.3 is 15.0 Å². The first kappa shape index (κ1) is 28.0. The fourth-order valence-electron chi connectivity index (χ4n) is 3.58. The molecule has 0 aliphatic carbocycles. The number of hydrogen-bond donors (Lipinski definition) is 2. The molecule has 0 fully saturated rings. The SMILES string of the molecule is Cc1ccc(S(=O)(=O)[O-])cc1.O=C(O)CCCCC[n+]1c(/C=C/Nc2ccccc2)sc2ccccc21. The normalized spacial score (nSPS) is 11.3. The van der Waals surface area contributed by atoms with Crippen LogP contribution < -0.4 is 9.88 Å². The first-order valence-electron chi connectivity index (χ1n) is 11.9. The summed E-state index contributed by atoms with van der Waals surface area (Å²) in [5.41, 5.74) is 3.22. The molecule has 4 rings (SSSR count). The molecule has 9 heteroatoms. The number of carboxylic acids is 1. The maximum atomic E-state index is 10.6. The molecule has 0 saturated carbocycles. The van der Waals surface area contributed by atoms with Gasteiger partial charge in [-0.1, -0.05) is 59.4 Å². The monoisotopic (exact) mass is 538 g/mol. The van der Waals surface area contributed by atoms with Gasteiger partial charge in [0.1, 0.15) is 14.8 Å². The Bertz CT molecular complexity index is 1430. The summed E-state index contributed by atoms with van der Waals surface area (Å²) in [7, 11) is -4.27. The molecular formula is C28H30N2O5S2. The molecule has 0 radical (unpaired) electrons. The molecule has 0 unspecified atom stereocenters. The number of hydrogen-bond acceptors (Lipinski definition) is 6. The second-order valence-electron chi connectivity index (χ2n) is 8.37. The minimum Gasteiger partial charge on any atom is -0.744 e. The summed E-state index contributed by atoms with van der Waals surface area (Å²) < 4.78 is 34.8. The number of aliphatic carboxylic acids is 1. The highest BCUT2D eigenvalue weighted by Gasteiger charge is 2.17. The topological polar surface area (TPSA) is 110 Å². The van der Waals surface area contributed by atoms with E-state index in [2.05, 4.69) is 40.2 Å². The number of anilines is 1. The molecule has 37 heavy (non-hydrogen) atoms. The third-order valence-corrected chi connectivity index (χ3v) is 7.45. The summed E-state index contributed by atoms with van der Waals surface area (Å²) in [6.45, 7) is 2.72. The van der Waals surface area contributed by atoms with Crippen LogP contribution in [0.1, 0.15) is 36.3 Å². The Hall–Kier alpha value is -3.53. The van der Waals surface area contributed by atoms with Crippen molar-refractivity contribution in [2.24, 2.45) is 0 Å². The van der Waals surface area contributed by atoms with Crippen LogP contribution in [0.4, 0.5) is 5.69 Å². The van der Waals surface area contributed by atoms with E-state index < -0.39 is 16.1 Å². The molecule has 0 saturated heterocycles. The van der Waals surface area contributed by atoms with Crippen molar-refractivity contribution in [2.75, 3.05) is 5.32 Å². The Morgan fingerprint density at radius 3 is 2.32 bits per heavy atom. The number of fused-ring (bicyclic) bond motifs is 1. The summed E-state index contributed by atoms with van der Waals surface area (Å²) in [5.74, 6) is -0.714. The van der Waals surface area contributed by atoms with Gasteiger partial charge in [0, 0.05) is 36.9 Å². The van der Waals surface area contributed by atoms with Crippen molar-refractivity contribution in [3.63, 3.8) is 0 Å². The second-order valence-corrected chi connectivity index (χ2v) is 10.8. The molecule has 2 N–H and O–H groups in total. The van der Waals surface area contributed by atoms with Gasteiger partial charge in [0.2, 0.25) is 5.52 Å². The van der Waals surface area contributed by atoms with Crippen LogP contribution in [-0.4, -0.2) is 24.0 Å². The molecule has 0 amide bonds. The summed E-state index contributed by atoms with van der Waals surface area (Å²) in [4.78, 5) is 10.5. The molecule has 0 bridgehead atoms. The molecule has 7 nitrogen and oxygen atoms in total. The predicted octanol–water partition coefficient (Wildman–Crippen LogP) is 5.82. The van der Waals surface area contributed by atoms with Crippen molar-refractivity contribution in [3.05, 3.63) is 95.6 Å². The summed E-state index contributed by atoms with van der Waals surface area (Å²) >= 11 is 1.77. The van der Waals surface area contributed by atoms with E-state index in [9.17, 15) is 17.8 Å². The lowest BCUT2D eigenvalue weighted by Gasteiger charge is -2.05. The standard InChI is InChI=1S/C21H22N2O2S.C7H8O3S/c24-21(25)13-5-2-8-16-23-18-11-6-7-12-19(18)26-20(23)14-15-22-17-9-3-1-4-10-17;1-6-2-4-7(5-3-6)11(8,9)10/h1,3-4,6-7,9-12,14-15H,2,5,8,13,16H2,(H,24,25);2-5H,1H3,(H,8,9,10). The van der Waals surface area contributed by atoms with Gasteiger partial charge in [-0.25, -0.2) is 8.42 Å². The first-order valence-corrected chi connectivity index (χ1v) is 14.1. The lowest BCUT2D eigenvalue weighted by molar-refractivity contribution is -0.669. The fraction of sp³-hybridized carbons (Fsp3) is 0.214. The smallest absolute Gasteiger partial charge is 0.303 e. The quantitative estimate of drug-likeness (QED) is 0.150. The number of para-hydroxylation sites is 2. The van der Waals surface area contributed by atoms with Crippen molar-refractivity contribution in [1.82, 2.24) is 0 Å². The number of benzene rings is 3. The number of nitrogens with zero attached hydrogens (tertiary/aromatic N) is 1. The number of rotatable bonds is 10. The third kappa shape index (κ3) is 9.13. The highest BCUT2D eigenvalue weighted by atomic mass is 32.2. The van der Waals surface area contributed by atoms with Gasteiger partial charge in [0.15, 0.2) is 6.54 Å². The minimum absolute atomic E-state index is 0.178. The maximum absolute atomic E-state index is 10.6. The number of nitrogens with one attached hydrogen (secondary N) is 1. The number of carboxylic acid groups (broad SMARTS) is 1. The van der Waals surface area contributed by atoms with E-state index in [0.29, 0.717) is 0 Å². The van der Waals surface area contributed by atoms with Crippen LogP contribution in [-0.2, 0) is 21.5 Å². The molecular weight excluding hydrogens is 508 g/mol. The average Bonchev–Trinajstić information content (AvgIpc) is 3.22. The number of aromatic nitrogens is 1. The summed E-state index contributed by atoms with van der Waals surface area (Å²) in [6.07, 6.45) is 6.97. The van der Waals surface area contributed by atoms with Gasteiger partial charge in [-0.05, 0) is 50.1 Å². The van der Waals surface area contributed by atoms with Crippen LogP contribution in [0.25, 0.3) is 16.3 Å². The Morgan fingerprint density at radius 1 is 0.973 bits per heavy atom. The molecule has 4 aromatic rings. The molecule has 0 aliphatic heterocycles. The van der Waals surface area contributed by atoms with E-state index in [-0.39, 0.29) is 11.3 Å². The Morgan fingerprint density at radius 2 is 1.65 bits per heavy atom. The molecule has 0 aliphatic rings. The van der Waals surface area contributed by atoms with Crippen LogP contribution in [0.3, 0.4) is 0 Å². The van der Waals surface area contributed by atoms with E-state index in [4.69, 9.17) is 5.11 Å². The molecule has 1 aromatic heterocycles. The van der Waals surface area contributed by atoms with Gasteiger partial charge >= 0.3 is 5.97 Å². The third-order valence-electron chi connectivity index (χ3n) is 5.47. The zero-order chi connectivity index (χ0) is 26.7. The Kier molecular flexibility index (Phi) is 10.4. The molecule has 0 atom stereocenters. The van der Waals surface area contributed by atoms with Gasteiger partial charge in [-0.15, -0.1) is 0 Å². The molecule has 3 aromatic carbocycles. The predicted molar refractivity (Wildman–Crippen MR) is 146 cm³/mol. The number of aryl methyl sites for hydroxylation is 2. The highest BCUT2D eigenvalue weighted by Crippen LogP contribution is 2.22. The van der Waals surface area contributed by atoms with Crippen molar-refractivity contribution in [2.45, 2.75) is 44.0 Å². The zero-order valence-corrected chi connectivity index (χ0v) is 22.2. The fourth-order valence-corrected chi connectivity index (χ4v) is 5.14. The van der Waals surface area contributed by atoms with Gasteiger partial charge in [0.25, 0.3) is 5.01 Å². The lowest BCUT2D eigenvalue weighted by Crippen LogP contribution is -2.35. The van der Waals surface area contributed by atoms with Crippen molar-refractivity contribution in [3.8, 4) is 0 Å². The van der Waals surface area contributed by atoms with Crippen LogP contribution in [0.2, 0.25) is 0 Å². The molecule has 0 spiro atoms. The van der Waals surface area contributed by atoms with Crippen LogP contribution in [0.15, 0.2) is 90.0 Å². The molecule has 1 heterocycles. The number of unbranched alkanes of at least 4 members (excludes halogenated alkanes) is 2. The summed E-state index contributed by atoms with van der Waals surface area (Å²) in [6, 6.07) is 24.3. The van der Waals surface area contributed by atoms with Gasteiger partial charge in [-0.2, -0.15) is 4.57 Å². The average molecular weight is 539 g/mol. The van der Waals surface area contributed by atoms with Crippen molar-refractivity contribution in [1.29, 1.82) is 0 Å². The highest BCUT2D eigenvalue weighted by molar-refractivity contribution is 7.85. The zero-order valence-electron chi connectivity index (χ0n) is 20.5. The molecule has 194 valence electrons. The second kappa shape index (κ2) is 13.7. The van der Waals surface area contributed by atoms with Crippen molar-refractivity contribution >= 4 is 49.4 Å². The number of carbonyl (C=O) groups is 1. The van der Waals surface area contributed by atoms with E-state index in [1.54, 1.807) is 23.5 Å². The maximum Gasteiger partial charge on any atom is 0.303 e. The van der Waals surface area contributed by atoms with E-state index in [1.807, 2.05) is 43.5 Å². The van der Waals surface area contributed by atoms with E-state index in [1.165, 1.54) is 27.4 Å². The number of thiazole rings is 1. The van der Waals surface area contributed by atoms with Crippen LogP contribution in [0.5, 0.6) is 0 Å².